The highest BCUT2D eigenvalue weighted by Gasteiger charge is 2.28. The summed E-state index contributed by atoms with van der Waals surface area (Å²) in [4.78, 5) is 45.7. The Morgan fingerprint density at radius 3 is 1.64 bits per heavy atom. The molecule has 0 aromatic rings. The van der Waals surface area contributed by atoms with Crippen LogP contribution in [0.3, 0.4) is 0 Å². The number of unbranched alkanes of at least 4 members (excludes halogenated alkanes) is 14. The Morgan fingerprint density at radius 1 is 0.623 bits per heavy atom. The largest absolute Gasteiger partial charge is 0.480 e. The Hall–Kier alpha value is -2.60. The number of nitrogens with two attached hydrogens (primary N) is 1. The summed E-state index contributed by atoms with van der Waals surface area (Å²) in [5.41, 5.74) is 5.31. The van der Waals surface area contributed by atoms with Gasteiger partial charge in [-0.25, -0.2) is 4.57 Å². The molecule has 0 saturated heterocycles. The Labute approximate surface area is 318 Å². The van der Waals surface area contributed by atoms with Gasteiger partial charge in [0.15, 0.2) is 6.10 Å². The summed E-state index contributed by atoms with van der Waals surface area (Å²) in [6, 6.07) is -1.53. The number of rotatable bonds is 37. The van der Waals surface area contributed by atoms with E-state index in [0.717, 1.165) is 64.2 Å². The number of phosphoric ester groups is 1. The van der Waals surface area contributed by atoms with E-state index in [1.54, 1.807) is 0 Å². The van der Waals surface area contributed by atoms with Crippen LogP contribution >= 0.6 is 7.82 Å². The Balaban J connectivity index is 4.49. The van der Waals surface area contributed by atoms with Crippen molar-refractivity contribution >= 4 is 25.7 Å². The van der Waals surface area contributed by atoms with Crippen molar-refractivity contribution in [3.8, 4) is 0 Å². The van der Waals surface area contributed by atoms with Gasteiger partial charge in [-0.3, -0.25) is 23.4 Å². The van der Waals surface area contributed by atoms with E-state index in [2.05, 4.69) is 47.9 Å². The number of ether oxygens (including phenoxy) is 2. The standard InChI is InChI=1S/C40H70NO11P/c1-2-3-4-5-6-7-15-19-22-25-28-31-39(44)52-36(34-50-53(47,48)51-35-37(41)40(45)46)33-49-38(43)30-27-24-21-18-16-13-11-9-8-10-12-14-17-20-23-26-29-32-42/h8,10-11,13-14,17-18,21,36-37,42H,2-7,9,12,15-16,19-20,22-35,41H2,1H3,(H,45,46)(H,47,48)/b10-8-,13-11-,17-14-,21-18-/t36-,37+/m1/s1. The number of hydrogen-bond acceptors (Lipinski definition) is 10. The number of esters is 2. The van der Waals surface area contributed by atoms with Crippen LogP contribution in [0.2, 0.25) is 0 Å². The van der Waals surface area contributed by atoms with Crippen LogP contribution in [0.15, 0.2) is 48.6 Å². The van der Waals surface area contributed by atoms with Crippen molar-refractivity contribution < 1.29 is 52.6 Å². The third kappa shape index (κ3) is 36.2. The Kier molecular flexibility index (Phi) is 34.6. The van der Waals surface area contributed by atoms with Crippen molar-refractivity contribution in [2.24, 2.45) is 5.73 Å². The fraction of sp³-hybridized carbons (Fsp3) is 0.725. The van der Waals surface area contributed by atoms with Crippen LogP contribution in [0.5, 0.6) is 0 Å². The summed E-state index contributed by atoms with van der Waals surface area (Å²) < 4.78 is 32.5. The molecule has 0 bridgehead atoms. The van der Waals surface area contributed by atoms with Crippen LogP contribution in [-0.4, -0.2) is 71.6 Å². The maximum absolute atomic E-state index is 12.5. The predicted molar refractivity (Wildman–Crippen MR) is 209 cm³/mol. The number of phosphoric acid groups is 1. The smallest absolute Gasteiger partial charge is 0.472 e. The monoisotopic (exact) mass is 771 g/mol. The van der Waals surface area contributed by atoms with E-state index in [-0.39, 0.29) is 26.1 Å². The number of carboxylic acids is 1. The highest BCUT2D eigenvalue weighted by atomic mass is 31.2. The molecule has 53 heavy (non-hydrogen) atoms. The molecule has 0 aliphatic rings. The number of carbonyl (C=O) groups excluding carboxylic acids is 2. The number of aliphatic hydroxyl groups is 1. The summed E-state index contributed by atoms with van der Waals surface area (Å²) in [5, 5.41) is 17.6. The van der Waals surface area contributed by atoms with Gasteiger partial charge in [-0.05, 0) is 57.8 Å². The maximum atomic E-state index is 12.5. The van der Waals surface area contributed by atoms with Gasteiger partial charge in [0.05, 0.1) is 13.2 Å². The zero-order chi connectivity index (χ0) is 39.3. The Morgan fingerprint density at radius 2 is 1.09 bits per heavy atom. The first-order valence-electron chi connectivity index (χ1n) is 19.8. The van der Waals surface area contributed by atoms with Crippen molar-refractivity contribution in [3.05, 3.63) is 48.6 Å². The second kappa shape index (κ2) is 36.4. The fourth-order valence-corrected chi connectivity index (χ4v) is 5.75. The zero-order valence-corrected chi connectivity index (χ0v) is 33.2. The molecule has 0 radical (unpaired) electrons. The SMILES string of the molecule is CCCCCCCCCCCCCC(=O)O[C@H](COC(=O)CCC/C=C\C/C=C\C/C=C\C/C=C\CCCCCO)COP(=O)(O)OC[C@H](N)C(=O)O. The van der Waals surface area contributed by atoms with Crippen LogP contribution in [0.25, 0.3) is 0 Å². The molecule has 1 unspecified atom stereocenters. The van der Waals surface area contributed by atoms with Gasteiger partial charge >= 0.3 is 25.7 Å². The molecule has 3 atom stereocenters. The van der Waals surface area contributed by atoms with Gasteiger partial charge in [-0.2, -0.15) is 0 Å². The second-order valence-corrected chi connectivity index (χ2v) is 14.6. The van der Waals surface area contributed by atoms with Gasteiger partial charge in [-0.1, -0.05) is 126 Å². The lowest BCUT2D eigenvalue weighted by Gasteiger charge is -2.20. The topological polar surface area (TPSA) is 192 Å². The van der Waals surface area contributed by atoms with Gasteiger partial charge in [0.25, 0.3) is 0 Å². The van der Waals surface area contributed by atoms with Gasteiger partial charge in [-0.15, -0.1) is 0 Å². The number of hydrogen-bond donors (Lipinski definition) is 4. The Bertz CT molecular complexity index is 1090. The molecule has 0 spiro atoms. The van der Waals surface area contributed by atoms with E-state index >= 15 is 0 Å². The number of carboxylic acid groups (broad SMARTS) is 1. The molecule has 0 aliphatic heterocycles. The highest BCUT2D eigenvalue weighted by molar-refractivity contribution is 7.47. The molecule has 0 fully saturated rings. The predicted octanol–water partition coefficient (Wildman–Crippen LogP) is 8.81. The molecule has 306 valence electrons. The van der Waals surface area contributed by atoms with E-state index in [0.29, 0.717) is 19.3 Å². The number of aliphatic carboxylic acids is 1. The molecular weight excluding hydrogens is 701 g/mol. The van der Waals surface area contributed by atoms with Crippen molar-refractivity contribution in [3.63, 3.8) is 0 Å². The summed E-state index contributed by atoms with van der Waals surface area (Å²) in [7, 11) is -4.73. The third-order valence-electron chi connectivity index (χ3n) is 8.13. The third-order valence-corrected chi connectivity index (χ3v) is 9.09. The van der Waals surface area contributed by atoms with Crippen LogP contribution in [0.1, 0.15) is 148 Å². The molecular formula is C40H70NO11P. The summed E-state index contributed by atoms with van der Waals surface area (Å²) in [5.74, 6) is -2.47. The quantitative estimate of drug-likeness (QED) is 0.0203. The summed E-state index contributed by atoms with van der Waals surface area (Å²) in [6.45, 7) is 0.721. The second-order valence-electron chi connectivity index (χ2n) is 13.1. The summed E-state index contributed by atoms with van der Waals surface area (Å²) >= 11 is 0. The van der Waals surface area contributed by atoms with Crippen LogP contribution in [0, 0.1) is 0 Å². The summed E-state index contributed by atoms with van der Waals surface area (Å²) in [6.07, 6.45) is 36.3. The number of aliphatic hydroxyl groups excluding tert-OH is 1. The van der Waals surface area contributed by atoms with Crippen molar-refractivity contribution in [2.75, 3.05) is 26.4 Å². The van der Waals surface area contributed by atoms with Crippen molar-refractivity contribution in [2.45, 2.75) is 160 Å². The fourth-order valence-electron chi connectivity index (χ4n) is 4.98. The molecule has 0 amide bonds. The normalized spacial score (nSPS) is 14.3. The van der Waals surface area contributed by atoms with Gasteiger partial charge in [0.1, 0.15) is 12.6 Å². The highest BCUT2D eigenvalue weighted by Crippen LogP contribution is 2.43. The molecule has 0 aromatic heterocycles. The zero-order valence-electron chi connectivity index (χ0n) is 32.3. The maximum Gasteiger partial charge on any atom is 0.472 e. The molecule has 13 heteroatoms. The first-order chi connectivity index (χ1) is 25.6. The van der Waals surface area contributed by atoms with E-state index in [1.807, 2.05) is 12.2 Å². The average Bonchev–Trinajstić information content (AvgIpc) is 3.13. The van der Waals surface area contributed by atoms with Gasteiger partial charge in [0.2, 0.25) is 0 Å². The van der Waals surface area contributed by atoms with Crippen LogP contribution in [-0.2, 0) is 37.5 Å². The van der Waals surface area contributed by atoms with Crippen molar-refractivity contribution in [1.29, 1.82) is 0 Å². The van der Waals surface area contributed by atoms with Crippen LogP contribution in [0.4, 0.5) is 0 Å². The van der Waals surface area contributed by atoms with Gasteiger partial charge in [0, 0.05) is 19.4 Å². The molecule has 12 nitrogen and oxygen atoms in total. The van der Waals surface area contributed by atoms with E-state index in [1.165, 1.54) is 44.9 Å². The minimum atomic E-state index is -4.73. The average molecular weight is 772 g/mol. The first-order valence-corrected chi connectivity index (χ1v) is 21.3. The number of carbonyl (C=O) groups is 3. The van der Waals surface area contributed by atoms with E-state index < -0.39 is 51.1 Å². The van der Waals surface area contributed by atoms with Gasteiger partial charge < -0.3 is 30.3 Å². The minimum Gasteiger partial charge on any atom is -0.480 e. The lowest BCUT2D eigenvalue weighted by atomic mass is 10.1. The van der Waals surface area contributed by atoms with E-state index in [4.69, 9.17) is 29.9 Å². The molecule has 0 aromatic carbocycles. The first kappa shape index (κ1) is 50.4. The minimum absolute atomic E-state index is 0.136. The van der Waals surface area contributed by atoms with Crippen molar-refractivity contribution in [1.82, 2.24) is 0 Å². The molecule has 0 saturated carbocycles. The number of allylic oxidation sites excluding steroid dienone is 8. The van der Waals surface area contributed by atoms with Crippen LogP contribution < -0.4 is 5.73 Å². The molecule has 5 N–H and O–H groups in total. The lowest BCUT2D eigenvalue weighted by molar-refractivity contribution is -0.161. The van der Waals surface area contributed by atoms with E-state index in [9.17, 15) is 23.8 Å². The molecule has 0 rings (SSSR count). The molecule has 0 heterocycles. The molecule has 0 aliphatic carbocycles. The lowest BCUT2D eigenvalue weighted by Crippen LogP contribution is -2.34.